The molecule has 0 atom stereocenters. The maximum absolute atomic E-state index is 11.2. The average molecular weight is 261 g/mol. The molecule has 2 aromatic carbocycles. The van der Waals surface area contributed by atoms with Crippen LogP contribution in [0.25, 0.3) is 16.3 Å². The summed E-state index contributed by atoms with van der Waals surface area (Å²) in [6, 6.07) is 11.7. The van der Waals surface area contributed by atoms with E-state index < -0.39 is 7.60 Å². The van der Waals surface area contributed by atoms with Crippen LogP contribution in [0.4, 0.5) is 5.69 Å². The van der Waals surface area contributed by atoms with Gasteiger partial charge in [-0.1, -0.05) is 30.3 Å². The Hall–Kier alpha value is -1.61. The summed E-state index contributed by atoms with van der Waals surface area (Å²) in [5.41, 5.74) is 2.51. The third-order valence-corrected chi connectivity index (χ3v) is 3.78. The average Bonchev–Trinajstić information content (AvgIpc) is 2.32. The van der Waals surface area contributed by atoms with E-state index >= 15 is 0 Å². The van der Waals surface area contributed by atoms with Crippen molar-refractivity contribution in [1.29, 1.82) is 0 Å². The molecular formula is C13H12NO3P. The lowest BCUT2D eigenvalue weighted by atomic mass is 9.96. The van der Waals surface area contributed by atoms with Gasteiger partial charge >= 0.3 is 7.60 Å². The summed E-state index contributed by atoms with van der Waals surface area (Å²) in [4.78, 5) is 18.2. The number of anilines is 1. The molecule has 1 heterocycles. The molecule has 0 radical (unpaired) electrons. The second-order valence-electron chi connectivity index (χ2n) is 4.35. The van der Waals surface area contributed by atoms with Crippen molar-refractivity contribution in [2.24, 2.45) is 0 Å². The Kier molecular flexibility index (Phi) is 2.52. The molecule has 92 valence electrons. The van der Waals surface area contributed by atoms with E-state index in [-0.39, 0.29) is 6.16 Å². The summed E-state index contributed by atoms with van der Waals surface area (Å²) in [5, 5.41) is 5.18. The van der Waals surface area contributed by atoms with E-state index in [9.17, 15) is 4.57 Å². The van der Waals surface area contributed by atoms with Crippen LogP contribution in [0, 0.1) is 0 Å². The predicted octanol–water partition coefficient (Wildman–Crippen LogP) is 2.78. The van der Waals surface area contributed by atoms with E-state index in [1.807, 2.05) is 36.4 Å². The summed E-state index contributed by atoms with van der Waals surface area (Å²) in [7, 11) is -4.06. The van der Waals surface area contributed by atoms with Gasteiger partial charge in [-0.15, -0.1) is 0 Å². The number of hydrogen-bond donors (Lipinski definition) is 3. The van der Waals surface area contributed by atoms with Crippen molar-refractivity contribution in [3.63, 3.8) is 0 Å². The number of nitrogens with one attached hydrogen (secondary N) is 1. The molecule has 0 unspecified atom stereocenters. The second-order valence-corrected chi connectivity index (χ2v) is 5.99. The molecule has 0 aromatic heterocycles. The third-order valence-electron chi connectivity index (χ3n) is 3.03. The van der Waals surface area contributed by atoms with Gasteiger partial charge in [-0.2, -0.15) is 0 Å². The van der Waals surface area contributed by atoms with Crippen LogP contribution in [0.15, 0.2) is 42.6 Å². The van der Waals surface area contributed by atoms with Crippen molar-refractivity contribution in [1.82, 2.24) is 0 Å². The Labute approximate surface area is 104 Å². The first-order valence-electron chi connectivity index (χ1n) is 5.57. The molecular weight excluding hydrogens is 249 g/mol. The van der Waals surface area contributed by atoms with Gasteiger partial charge in [0.2, 0.25) is 0 Å². The van der Waals surface area contributed by atoms with Gasteiger partial charge in [-0.3, -0.25) is 4.57 Å². The third kappa shape index (κ3) is 1.95. The SMILES string of the molecule is O=P(O)(O)CC1=CNc2cccc3cccc1c23. The molecule has 0 fully saturated rings. The zero-order valence-electron chi connectivity index (χ0n) is 9.50. The number of rotatable bonds is 2. The molecule has 3 rings (SSSR count). The fourth-order valence-corrected chi connectivity index (χ4v) is 3.03. The van der Waals surface area contributed by atoms with Gasteiger partial charge in [0.25, 0.3) is 0 Å². The maximum Gasteiger partial charge on any atom is 0.329 e. The Morgan fingerprint density at radius 3 is 2.56 bits per heavy atom. The van der Waals surface area contributed by atoms with Crippen molar-refractivity contribution in [3.8, 4) is 0 Å². The largest absolute Gasteiger partial charge is 0.361 e. The number of benzene rings is 2. The fourth-order valence-electron chi connectivity index (χ4n) is 2.32. The Morgan fingerprint density at radius 2 is 1.83 bits per heavy atom. The number of hydrogen-bond acceptors (Lipinski definition) is 2. The lowest BCUT2D eigenvalue weighted by Gasteiger charge is -2.20. The van der Waals surface area contributed by atoms with Gasteiger partial charge in [-0.25, -0.2) is 0 Å². The summed E-state index contributed by atoms with van der Waals surface area (Å²) < 4.78 is 11.2. The van der Waals surface area contributed by atoms with E-state index in [2.05, 4.69) is 5.32 Å². The Balaban J connectivity index is 2.20. The number of allylic oxidation sites excluding steroid dienone is 1. The van der Waals surface area contributed by atoms with Gasteiger partial charge in [-0.05, 0) is 22.6 Å². The second kappa shape index (κ2) is 3.95. The van der Waals surface area contributed by atoms with Crippen LogP contribution in [0.1, 0.15) is 5.56 Å². The van der Waals surface area contributed by atoms with E-state index in [0.717, 1.165) is 22.0 Å². The quantitative estimate of drug-likeness (QED) is 0.727. The van der Waals surface area contributed by atoms with Crippen molar-refractivity contribution in [2.45, 2.75) is 0 Å². The highest BCUT2D eigenvalue weighted by Gasteiger charge is 2.21. The van der Waals surface area contributed by atoms with Gasteiger partial charge in [0.05, 0.1) is 6.16 Å². The van der Waals surface area contributed by atoms with Crippen LogP contribution in [0.3, 0.4) is 0 Å². The summed E-state index contributed by atoms with van der Waals surface area (Å²) >= 11 is 0. The standard InChI is InChI=1S/C13H12NO3P/c15-18(16,17)8-10-7-14-12-6-2-4-9-3-1-5-11(10)13(9)12/h1-7,14H,8H2,(H2,15,16,17). The van der Waals surface area contributed by atoms with Gasteiger partial charge < -0.3 is 15.1 Å². The van der Waals surface area contributed by atoms with E-state index in [0.29, 0.717) is 5.57 Å². The first kappa shape index (κ1) is 11.5. The van der Waals surface area contributed by atoms with E-state index in [1.54, 1.807) is 6.20 Å². The Bertz CT molecular complexity index is 697. The van der Waals surface area contributed by atoms with Crippen molar-refractivity contribution in [3.05, 3.63) is 48.2 Å². The van der Waals surface area contributed by atoms with Crippen LogP contribution in [0.5, 0.6) is 0 Å². The molecule has 5 heteroatoms. The molecule has 18 heavy (non-hydrogen) atoms. The van der Waals surface area contributed by atoms with Crippen LogP contribution in [-0.2, 0) is 4.57 Å². The summed E-state index contributed by atoms with van der Waals surface area (Å²) in [6.45, 7) is 0. The normalized spacial score (nSPS) is 14.2. The first-order valence-corrected chi connectivity index (χ1v) is 7.37. The molecule has 0 amide bonds. The Morgan fingerprint density at radius 1 is 1.11 bits per heavy atom. The molecule has 2 aromatic rings. The minimum Gasteiger partial charge on any atom is -0.361 e. The van der Waals surface area contributed by atoms with Crippen LogP contribution in [-0.4, -0.2) is 15.9 Å². The van der Waals surface area contributed by atoms with E-state index in [1.165, 1.54) is 0 Å². The minimum absolute atomic E-state index is 0.243. The molecule has 3 N–H and O–H groups in total. The van der Waals surface area contributed by atoms with Crippen molar-refractivity contribution < 1.29 is 14.4 Å². The summed E-state index contributed by atoms with van der Waals surface area (Å²) in [5.74, 6) is 0. The van der Waals surface area contributed by atoms with Crippen LogP contribution < -0.4 is 5.32 Å². The molecule has 1 aliphatic heterocycles. The molecule has 4 nitrogen and oxygen atoms in total. The molecule has 1 aliphatic rings. The van der Waals surface area contributed by atoms with Crippen molar-refractivity contribution >= 4 is 29.6 Å². The lowest BCUT2D eigenvalue weighted by molar-refractivity contribution is 0.377. The molecule has 0 bridgehead atoms. The minimum atomic E-state index is -4.06. The lowest BCUT2D eigenvalue weighted by Crippen LogP contribution is -2.04. The van der Waals surface area contributed by atoms with Crippen LogP contribution in [0.2, 0.25) is 0 Å². The van der Waals surface area contributed by atoms with E-state index in [4.69, 9.17) is 9.79 Å². The highest BCUT2D eigenvalue weighted by Crippen LogP contribution is 2.43. The predicted molar refractivity (Wildman–Crippen MR) is 72.5 cm³/mol. The zero-order chi connectivity index (χ0) is 12.8. The molecule has 0 spiro atoms. The molecule has 0 saturated carbocycles. The highest BCUT2D eigenvalue weighted by molar-refractivity contribution is 7.52. The molecule has 0 aliphatic carbocycles. The summed E-state index contributed by atoms with van der Waals surface area (Å²) in [6.07, 6.45) is 1.43. The van der Waals surface area contributed by atoms with Gasteiger partial charge in [0.15, 0.2) is 0 Å². The van der Waals surface area contributed by atoms with Gasteiger partial charge in [0.1, 0.15) is 0 Å². The highest BCUT2D eigenvalue weighted by atomic mass is 31.2. The zero-order valence-corrected chi connectivity index (χ0v) is 10.4. The van der Waals surface area contributed by atoms with Crippen LogP contribution >= 0.6 is 7.60 Å². The monoisotopic (exact) mass is 261 g/mol. The van der Waals surface area contributed by atoms with Gasteiger partial charge in [0, 0.05) is 17.3 Å². The maximum atomic E-state index is 11.2. The first-order chi connectivity index (χ1) is 8.54. The smallest absolute Gasteiger partial charge is 0.329 e. The molecule has 0 saturated heterocycles. The topological polar surface area (TPSA) is 69.6 Å². The fraction of sp³-hybridized carbons (Fsp3) is 0.0769. The van der Waals surface area contributed by atoms with Crippen molar-refractivity contribution in [2.75, 3.05) is 11.5 Å².